The average Bonchev–Trinajstić information content (AvgIpc) is 2.51. The van der Waals surface area contributed by atoms with Crippen LogP contribution in [0.5, 0.6) is 0 Å². The Kier molecular flexibility index (Phi) is 9.86. The smallest absolute Gasteiger partial charge is 0.305 e. The van der Waals surface area contributed by atoms with E-state index in [1.807, 2.05) is 24.3 Å². The molecule has 1 amide bonds. The van der Waals surface area contributed by atoms with Crippen LogP contribution in [0, 0.1) is 3.57 Å². The van der Waals surface area contributed by atoms with Crippen molar-refractivity contribution in [3.63, 3.8) is 0 Å². The highest BCUT2D eigenvalue weighted by Gasteiger charge is 2.03. The molecule has 0 aliphatic heterocycles. The van der Waals surface area contributed by atoms with Crippen molar-refractivity contribution in [1.82, 2.24) is 0 Å². The van der Waals surface area contributed by atoms with Crippen LogP contribution in [0.3, 0.4) is 0 Å². The van der Waals surface area contributed by atoms with Crippen molar-refractivity contribution in [3.8, 4) is 0 Å². The average molecular weight is 417 g/mol. The summed E-state index contributed by atoms with van der Waals surface area (Å²) in [6.07, 6.45) is 7.19. The first kappa shape index (κ1) is 18.9. The molecule has 5 heteroatoms. The van der Waals surface area contributed by atoms with Crippen molar-refractivity contribution in [1.29, 1.82) is 0 Å². The third kappa shape index (κ3) is 9.02. The summed E-state index contributed by atoms with van der Waals surface area (Å²) < 4.78 is 5.75. The van der Waals surface area contributed by atoms with Gasteiger partial charge in [0.1, 0.15) is 0 Å². The number of benzene rings is 1. The van der Waals surface area contributed by atoms with Crippen LogP contribution < -0.4 is 5.32 Å². The van der Waals surface area contributed by atoms with Gasteiger partial charge in [0.2, 0.25) is 5.91 Å². The number of esters is 1. The third-order valence-electron chi connectivity index (χ3n) is 3.39. The summed E-state index contributed by atoms with van der Waals surface area (Å²) in [6, 6.07) is 7.79. The molecule has 0 aliphatic carbocycles. The highest BCUT2D eigenvalue weighted by molar-refractivity contribution is 14.1. The maximum Gasteiger partial charge on any atom is 0.305 e. The summed E-state index contributed by atoms with van der Waals surface area (Å²) in [6.45, 7) is 0. The molecule has 0 fully saturated rings. The molecule has 0 saturated carbocycles. The molecule has 1 aromatic rings. The lowest BCUT2D eigenvalue weighted by Gasteiger charge is -2.05. The molecule has 1 N–H and O–H groups in total. The first-order valence-corrected chi connectivity index (χ1v) is 8.82. The van der Waals surface area contributed by atoms with Crippen LogP contribution >= 0.6 is 22.6 Å². The van der Waals surface area contributed by atoms with E-state index in [-0.39, 0.29) is 11.9 Å². The monoisotopic (exact) mass is 417 g/mol. The molecule has 0 bridgehead atoms. The zero-order valence-corrected chi connectivity index (χ0v) is 15.2. The molecule has 1 rings (SSSR count). The molecular weight excluding hydrogens is 393 g/mol. The Morgan fingerprint density at radius 2 is 1.50 bits per heavy atom. The van der Waals surface area contributed by atoms with E-state index in [0.29, 0.717) is 12.8 Å². The van der Waals surface area contributed by atoms with Gasteiger partial charge in [-0.1, -0.05) is 25.7 Å². The lowest BCUT2D eigenvalue weighted by molar-refractivity contribution is -0.140. The highest BCUT2D eigenvalue weighted by Crippen LogP contribution is 2.13. The summed E-state index contributed by atoms with van der Waals surface area (Å²) in [4.78, 5) is 22.7. The van der Waals surface area contributed by atoms with Gasteiger partial charge in [-0.15, -0.1) is 0 Å². The van der Waals surface area contributed by atoms with Crippen LogP contribution in [-0.4, -0.2) is 19.0 Å². The summed E-state index contributed by atoms with van der Waals surface area (Å²) >= 11 is 2.24. The van der Waals surface area contributed by atoms with Crippen molar-refractivity contribution in [2.24, 2.45) is 0 Å². The van der Waals surface area contributed by atoms with Crippen LogP contribution in [0.4, 0.5) is 5.69 Å². The van der Waals surface area contributed by atoms with Crippen molar-refractivity contribution < 1.29 is 14.3 Å². The van der Waals surface area contributed by atoms with Crippen LogP contribution in [-0.2, 0) is 14.3 Å². The third-order valence-corrected chi connectivity index (χ3v) is 4.11. The van der Waals surface area contributed by atoms with Gasteiger partial charge in [0, 0.05) is 22.1 Å². The summed E-state index contributed by atoms with van der Waals surface area (Å²) in [5, 5.41) is 2.91. The van der Waals surface area contributed by atoms with Gasteiger partial charge in [0.05, 0.1) is 7.11 Å². The lowest BCUT2D eigenvalue weighted by atomic mass is 10.1. The normalized spacial score (nSPS) is 10.3. The minimum Gasteiger partial charge on any atom is -0.469 e. The molecule has 0 atom stereocenters. The molecule has 1 aromatic carbocycles. The van der Waals surface area contributed by atoms with E-state index in [4.69, 9.17) is 0 Å². The zero-order chi connectivity index (χ0) is 16.2. The van der Waals surface area contributed by atoms with Gasteiger partial charge in [-0.2, -0.15) is 0 Å². The molecular formula is C17H24INO3. The summed E-state index contributed by atoms with van der Waals surface area (Å²) in [5.74, 6) is -0.0563. The van der Waals surface area contributed by atoms with Crippen LogP contribution in [0.25, 0.3) is 0 Å². The maximum atomic E-state index is 11.8. The first-order valence-electron chi connectivity index (χ1n) is 7.74. The SMILES string of the molecule is COC(=O)CCCCCCCCC(=O)Nc1ccc(I)cc1. The fourth-order valence-corrected chi connectivity index (χ4v) is 2.48. The van der Waals surface area contributed by atoms with Crippen LogP contribution in [0.1, 0.15) is 51.4 Å². The number of nitrogens with one attached hydrogen (secondary N) is 1. The number of carbonyl (C=O) groups is 2. The molecule has 0 unspecified atom stereocenters. The van der Waals surface area contributed by atoms with Gasteiger partial charge in [0.15, 0.2) is 0 Å². The number of hydrogen-bond acceptors (Lipinski definition) is 3. The van der Waals surface area contributed by atoms with Gasteiger partial charge < -0.3 is 10.1 Å². The number of carbonyl (C=O) groups excluding carboxylic acids is 2. The van der Waals surface area contributed by atoms with Crippen LogP contribution in [0.2, 0.25) is 0 Å². The topological polar surface area (TPSA) is 55.4 Å². The van der Waals surface area contributed by atoms with Gasteiger partial charge >= 0.3 is 5.97 Å². The molecule has 0 aliphatic rings. The maximum absolute atomic E-state index is 11.8. The number of anilines is 1. The second-order valence-electron chi connectivity index (χ2n) is 5.25. The lowest BCUT2D eigenvalue weighted by Crippen LogP contribution is -2.10. The second kappa shape index (κ2) is 11.5. The Hall–Kier alpha value is -1.11. The largest absolute Gasteiger partial charge is 0.469 e. The van der Waals surface area contributed by atoms with Gasteiger partial charge in [-0.05, 0) is 59.7 Å². The Bertz CT molecular complexity index is 459. The molecule has 122 valence electrons. The molecule has 0 saturated heterocycles. The van der Waals surface area contributed by atoms with E-state index >= 15 is 0 Å². The fourth-order valence-electron chi connectivity index (χ4n) is 2.12. The van der Waals surface area contributed by atoms with E-state index < -0.39 is 0 Å². The predicted molar refractivity (Wildman–Crippen MR) is 96.7 cm³/mol. The van der Waals surface area contributed by atoms with E-state index in [1.54, 1.807) is 0 Å². The van der Waals surface area contributed by atoms with E-state index in [2.05, 4.69) is 32.6 Å². The van der Waals surface area contributed by atoms with Gasteiger partial charge in [0.25, 0.3) is 0 Å². The minimum absolute atomic E-state index is 0.0758. The van der Waals surface area contributed by atoms with Crippen molar-refractivity contribution in [2.45, 2.75) is 51.4 Å². The second-order valence-corrected chi connectivity index (χ2v) is 6.50. The van der Waals surface area contributed by atoms with Crippen molar-refractivity contribution in [2.75, 3.05) is 12.4 Å². The molecule has 4 nitrogen and oxygen atoms in total. The Morgan fingerprint density at radius 1 is 0.955 bits per heavy atom. The van der Waals surface area contributed by atoms with E-state index in [1.165, 1.54) is 7.11 Å². The predicted octanol–water partition coefficient (Wildman–Crippen LogP) is 4.52. The van der Waals surface area contributed by atoms with E-state index in [9.17, 15) is 9.59 Å². The molecule has 0 heterocycles. The number of unbranched alkanes of at least 4 members (excludes halogenated alkanes) is 5. The van der Waals surface area contributed by atoms with E-state index in [0.717, 1.165) is 47.8 Å². The number of ether oxygens (including phenoxy) is 1. The number of halogens is 1. The van der Waals surface area contributed by atoms with Crippen molar-refractivity contribution >= 4 is 40.2 Å². The number of hydrogen-bond donors (Lipinski definition) is 1. The first-order chi connectivity index (χ1) is 10.6. The standard InChI is InChI=1S/C17H24INO3/c1-22-17(21)9-7-5-3-2-4-6-8-16(20)19-15-12-10-14(18)11-13-15/h10-13H,2-9H2,1H3,(H,19,20). The molecule has 0 spiro atoms. The minimum atomic E-state index is -0.132. The van der Waals surface area contributed by atoms with Crippen LogP contribution in [0.15, 0.2) is 24.3 Å². The zero-order valence-electron chi connectivity index (χ0n) is 13.1. The molecule has 0 radical (unpaired) electrons. The highest BCUT2D eigenvalue weighted by atomic mass is 127. The Morgan fingerprint density at radius 3 is 2.09 bits per heavy atom. The molecule has 22 heavy (non-hydrogen) atoms. The Labute approximate surface area is 146 Å². The fraction of sp³-hybridized carbons (Fsp3) is 0.529. The number of rotatable bonds is 10. The number of methoxy groups -OCH3 is 1. The Balaban J connectivity index is 1.99. The quantitative estimate of drug-likeness (QED) is 0.346. The van der Waals surface area contributed by atoms with Crippen molar-refractivity contribution in [3.05, 3.63) is 27.8 Å². The summed E-state index contributed by atoms with van der Waals surface area (Å²) in [5.41, 5.74) is 0.855. The number of amides is 1. The van der Waals surface area contributed by atoms with Gasteiger partial charge in [-0.3, -0.25) is 9.59 Å². The summed E-state index contributed by atoms with van der Waals surface area (Å²) in [7, 11) is 1.42. The molecule has 0 aromatic heterocycles. The van der Waals surface area contributed by atoms with Gasteiger partial charge in [-0.25, -0.2) is 0 Å².